The second-order valence-electron chi connectivity index (χ2n) is 7.75. The highest BCUT2D eigenvalue weighted by atomic mass is 32.2. The van der Waals surface area contributed by atoms with Gasteiger partial charge in [0.15, 0.2) is 11.5 Å². The summed E-state index contributed by atoms with van der Waals surface area (Å²) in [6, 6.07) is 9.98. The largest absolute Gasteiger partial charge is 0.493 e. The van der Waals surface area contributed by atoms with Crippen molar-refractivity contribution in [1.29, 1.82) is 0 Å². The number of ether oxygens (including phenoxy) is 3. The van der Waals surface area contributed by atoms with E-state index in [4.69, 9.17) is 18.6 Å². The summed E-state index contributed by atoms with van der Waals surface area (Å²) < 4.78 is 21.5. The van der Waals surface area contributed by atoms with Gasteiger partial charge in [-0.1, -0.05) is 6.07 Å². The molecule has 9 nitrogen and oxygen atoms in total. The minimum atomic E-state index is -0.671. The van der Waals surface area contributed by atoms with Gasteiger partial charge in [0.1, 0.15) is 11.4 Å². The number of benzene rings is 1. The number of methoxy groups -OCH3 is 3. The number of nitrogens with zero attached hydrogens (tertiary/aromatic N) is 2. The molecule has 1 saturated heterocycles. The number of hydrogen-bond acceptors (Lipinski definition) is 8. The number of pyridine rings is 1. The predicted molar refractivity (Wildman–Crippen MR) is 131 cm³/mol. The number of furan rings is 1. The Hall–Kier alpha value is -3.66. The molecule has 1 aliphatic heterocycles. The first kappa shape index (κ1) is 24.5. The molecular formula is C25H27N3O6S. The zero-order valence-corrected chi connectivity index (χ0v) is 20.5. The maximum atomic E-state index is 13.8. The topological polar surface area (TPSA) is 103 Å². The summed E-state index contributed by atoms with van der Waals surface area (Å²) in [6.45, 7) is 0.416. The summed E-state index contributed by atoms with van der Waals surface area (Å²) in [5, 5.41) is 2.58. The van der Waals surface area contributed by atoms with E-state index < -0.39 is 6.04 Å². The van der Waals surface area contributed by atoms with E-state index in [0.29, 0.717) is 41.5 Å². The van der Waals surface area contributed by atoms with Gasteiger partial charge in [-0.15, -0.1) is 11.8 Å². The van der Waals surface area contributed by atoms with Crippen molar-refractivity contribution in [2.45, 2.75) is 17.8 Å². The summed E-state index contributed by atoms with van der Waals surface area (Å²) in [4.78, 5) is 32.9. The Morgan fingerprint density at radius 1 is 1.14 bits per heavy atom. The van der Waals surface area contributed by atoms with Crippen molar-refractivity contribution < 1.29 is 28.2 Å². The molecule has 2 amide bonds. The molecule has 2 unspecified atom stereocenters. The van der Waals surface area contributed by atoms with Crippen molar-refractivity contribution in [2.24, 2.45) is 0 Å². The van der Waals surface area contributed by atoms with Crippen LogP contribution in [-0.4, -0.2) is 61.4 Å². The Morgan fingerprint density at radius 2 is 1.91 bits per heavy atom. The van der Waals surface area contributed by atoms with E-state index in [2.05, 4.69) is 10.3 Å². The van der Waals surface area contributed by atoms with Gasteiger partial charge in [0, 0.05) is 41.7 Å². The zero-order chi connectivity index (χ0) is 24.8. The zero-order valence-electron chi connectivity index (χ0n) is 19.7. The van der Waals surface area contributed by atoms with Crippen molar-refractivity contribution in [3.63, 3.8) is 0 Å². The molecular weight excluding hydrogens is 470 g/mol. The molecule has 35 heavy (non-hydrogen) atoms. The first-order valence-corrected chi connectivity index (χ1v) is 12.1. The number of rotatable bonds is 9. The molecule has 0 radical (unpaired) electrons. The minimum absolute atomic E-state index is 0.222. The lowest BCUT2D eigenvalue weighted by molar-refractivity contribution is -0.124. The third kappa shape index (κ3) is 5.22. The van der Waals surface area contributed by atoms with E-state index in [1.165, 1.54) is 33.1 Å². The van der Waals surface area contributed by atoms with Crippen molar-refractivity contribution in [1.82, 2.24) is 15.2 Å². The first-order valence-electron chi connectivity index (χ1n) is 11.0. The van der Waals surface area contributed by atoms with Crippen LogP contribution in [0, 0.1) is 0 Å². The van der Waals surface area contributed by atoms with Crippen LogP contribution in [0.5, 0.6) is 17.2 Å². The second-order valence-corrected chi connectivity index (χ2v) is 8.86. The molecule has 4 rings (SSSR count). The quantitative estimate of drug-likeness (QED) is 0.480. The fourth-order valence-electron chi connectivity index (χ4n) is 3.96. The summed E-state index contributed by atoms with van der Waals surface area (Å²) in [7, 11) is 4.48. The Labute approximate surface area is 207 Å². The molecule has 0 saturated carbocycles. The average Bonchev–Trinajstić information content (AvgIpc) is 3.58. The second kappa shape index (κ2) is 11.2. The molecule has 1 fully saturated rings. The van der Waals surface area contributed by atoms with Gasteiger partial charge in [-0.05, 0) is 30.3 Å². The highest BCUT2D eigenvalue weighted by molar-refractivity contribution is 7.99. The standard InChI is InChI=1S/C25H27N3O6S/c1-31-20-12-17(13-21(32-2)22(20)33-3)24(30)28-19(15-35-25(28)16-8-11-34-14-16)23(29)27-10-7-18-6-4-5-9-26-18/h4-6,8-9,11-14,19,25H,7,10,15H2,1-3H3,(H,27,29). The van der Waals surface area contributed by atoms with Gasteiger partial charge in [0.25, 0.3) is 5.91 Å². The summed E-state index contributed by atoms with van der Waals surface area (Å²) in [5.41, 5.74) is 2.01. The number of carbonyl (C=O) groups is 2. The van der Waals surface area contributed by atoms with E-state index in [-0.39, 0.29) is 17.2 Å². The molecule has 0 aliphatic carbocycles. The summed E-state index contributed by atoms with van der Waals surface area (Å²) >= 11 is 1.51. The van der Waals surface area contributed by atoms with Gasteiger partial charge in [-0.25, -0.2) is 0 Å². The van der Waals surface area contributed by atoms with Crippen LogP contribution in [0.3, 0.4) is 0 Å². The van der Waals surface area contributed by atoms with Gasteiger partial charge in [-0.3, -0.25) is 14.6 Å². The first-order chi connectivity index (χ1) is 17.1. The molecule has 1 aromatic carbocycles. The van der Waals surface area contributed by atoms with Crippen LogP contribution < -0.4 is 19.5 Å². The maximum absolute atomic E-state index is 13.8. The SMILES string of the molecule is COc1cc(C(=O)N2C(C(=O)NCCc3ccccn3)CSC2c2ccoc2)cc(OC)c1OC. The van der Waals surface area contributed by atoms with Crippen LogP contribution in [0.25, 0.3) is 0 Å². The van der Waals surface area contributed by atoms with Crippen LogP contribution >= 0.6 is 11.8 Å². The molecule has 0 spiro atoms. The van der Waals surface area contributed by atoms with E-state index in [1.54, 1.807) is 41.8 Å². The third-order valence-electron chi connectivity index (χ3n) is 5.68. The number of carbonyl (C=O) groups excluding carboxylic acids is 2. The molecule has 2 aromatic heterocycles. The number of nitrogens with one attached hydrogen (secondary N) is 1. The Morgan fingerprint density at radius 3 is 2.51 bits per heavy atom. The smallest absolute Gasteiger partial charge is 0.256 e. The van der Waals surface area contributed by atoms with Gasteiger partial charge >= 0.3 is 0 Å². The Balaban J connectivity index is 1.60. The molecule has 184 valence electrons. The lowest BCUT2D eigenvalue weighted by Crippen LogP contribution is -2.48. The molecule has 2 atom stereocenters. The van der Waals surface area contributed by atoms with Crippen molar-refractivity contribution >= 4 is 23.6 Å². The fraction of sp³-hybridized carbons (Fsp3) is 0.320. The monoisotopic (exact) mass is 497 g/mol. The van der Waals surface area contributed by atoms with Crippen molar-refractivity contribution in [3.05, 3.63) is 71.9 Å². The summed E-state index contributed by atoms with van der Waals surface area (Å²) in [5.74, 6) is 1.00. The van der Waals surface area contributed by atoms with E-state index in [9.17, 15) is 9.59 Å². The van der Waals surface area contributed by atoms with E-state index in [0.717, 1.165) is 11.3 Å². The lowest BCUT2D eigenvalue weighted by Gasteiger charge is -2.29. The van der Waals surface area contributed by atoms with Gasteiger partial charge < -0.3 is 28.8 Å². The molecule has 0 bridgehead atoms. The number of thioether (sulfide) groups is 1. The van der Waals surface area contributed by atoms with Crippen molar-refractivity contribution in [2.75, 3.05) is 33.6 Å². The average molecular weight is 498 g/mol. The number of amides is 2. The van der Waals surface area contributed by atoms with Crippen LogP contribution in [0.4, 0.5) is 0 Å². The van der Waals surface area contributed by atoms with Crippen LogP contribution in [0.2, 0.25) is 0 Å². The van der Waals surface area contributed by atoms with Gasteiger partial charge in [0.2, 0.25) is 11.7 Å². The summed E-state index contributed by atoms with van der Waals surface area (Å²) in [6.07, 6.45) is 5.46. The highest BCUT2D eigenvalue weighted by Gasteiger charge is 2.43. The molecule has 3 heterocycles. The molecule has 1 N–H and O–H groups in total. The molecule has 1 aliphatic rings. The van der Waals surface area contributed by atoms with Crippen molar-refractivity contribution in [3.8, 4) is 17.2 Å². The Bertz CT molecular complexity index is 1130. The molecule has 10 heteroatoms. The van der Waals surface area contributed by atoms with E-state index >= 15 is 0 Å². The maximum Gasteiger partial charge on any atom is 0.256 e. The van der Waals surface area contributed by atoms with Crippen LogP contribution in [-0.2, 0) is 11.2 Å². The Kier molecular flexibility index (Phi) is 7.81. The fourth-order valence-corrected chi connectivity index (χ4v) is 5.37. The molecule has 3 aromatic rings. The minimum Gasteiger partial charge on any atom is -0.493 e. The van der Waals surface area contributed by atoms with Gasteiger partial charge in [-0.2, -0.15) is 0 Å². The van der Waals surface area contributed by atoms with Crippen LogP contribution in [0.1, 0.15) is 27.0 Å². The highest BCUT2D eigenvalue weighted by Crippen LogP contribution is 2.44. The van der Waals surface area contributed by atoms with E-state index in [1.807, 2.05) is 18.2 Å². The number of hydrogen-bond donors (Lipinski definition) is 1. The lowest BCUT2D eigenvalue weighted by atomic mass is 10.1. The normalized spacial score (nSPS) is 17.2. The predicted octanol–water partition coefficient (Wildman–Crippen LogP) is 3.32. The number of aromatic nitrogens is 1. The van der Waals surface area contributed by atoms with Crippen LogP contribution in [0.15, 0.2) is 59.5 Å². The third-order valence-corrected chi connectivity index (χ3v) is 7.01. The van der Waals surface area contributed by atoms with Gasteiger partial charge in [0.05, 0.1) is 33.9 Å².